The molecule has 0 saturated carbocycles. The maximum Gasteiger partial charge on any atom is 0.338 e. The van der Waals surface area contributed by atoms with Gasteiger partial charge in [-0.25, -0.2) is 9.18 Å². The number of halogens is 1. The minimum Gasteiger partial charge on any atom is -0.497 e. The molecule has 4 aromatic carbocycles. The molecule has 0 amide bonds. The summed E-state index contributed by atoms with van der Waals surface area (Å²) < 4.78 is 30.8. The zero-order chi connectivity index (χ0) is 25.7. The smallest absolute Gasteiger partial charge is 0.338 e. The van der Waals surface area contributed by atoms with Gasteiger partial charge in [-0.3, -0.25) is 4.79 Å². The number of carbonyl (C=O) groups is 2. The van der Waals surface area contributed by atoms with E-state index in [0.29, 0.717) is 28.9 Å². The van der Waals surface area contributed by atoms with E-state index in [-0.39, 0.29) is 16.9 Å². The van der Waals surface area contributed by atoms with Crippen molar-refractivity contribution in [3.63, 3.8) is 0 Å². The first-order valence-corrected chi connectivity index (χ1v) is 11.1. The summed E-state index contributed by atoms with van der Waals surface area (Å²) in [5, 5.41) is 0. The molecule has 0 aromatic heterocycles. The molecular formula is C30H23FO5. The monoisotopic (exact) mass is 482 g/mol. The summed E-state index contributed by atoms with van der Waals surface area (Å²) in [4.78, 5) is 22.9. The fourth-order valence-corrected chi connectivity index (χ4v) is 3.67. The summed E-state index contributed by atoms with van der Waals surface area (Å²) in [5.41, 5.74) is 4.15. The van der Waals surface area contributed by atoms with Crippen molar-refractivity contribution in [1.29, 1.82) is 0 Å². The lowest BCUT2D eigenvalue weighted by molar-refractivity contribution is -0.130. The lowest BCUT2D eigenvalue weighted by Gasteiger charge is -2.13. The zero-order valence-corrected chi connectivity index (χ0v) is 19.8. The predicted molar refractivity (Wildman–Crippen MR) is 136 cm³/mol. The summed E-state index contributed by atoms with van der Waals surface area (Å²) in [6, 6.07) is 24.3. The predicted octanol–water partition coefficient (Wildman–Crippen LogP) is 6.85. The number of rotatable bonds is 8. The second kappa shape index (κ2) is 10.7. The van der Waals surface area contributed by atoms with Crippen molar-refractivity contribution in [2.45, 2.75) is 6.92 Å². The van der Waals surface area contributed by atoms with Crippen molar-refractivity contribution in [2.24, 2.45) is 0 Å². The van der Waals surface area contributed by atoms with Crippen molar-refractivity contribution < 1.29 is 28.2 Å². The third-order valence-electron chi connectivity index (χ3n) is 5.59. The highest BCUT2D eigenvalue weighted by atomic mass is 19.1. The number of esters is 1. The molecule has 0 bridgehead atoms. The standard InChI is InChI=1S/C30H23FO5/c1-19(2)30(33)36-25-14-10-22(11-15-25)26-17-29(35-18-32)27(16-28(26)31)23-6-4-20(5-7-23)21-8-12-24(34-3)13-9-21/h4-18H,1H2,2-3H3. The van der Waals surface area contributed by atoms with Crippen LogP contribution in [0, 0.1) is 5.82 Å². The Morgan fingerprint density at radius 2 is 1.28 bits per heavy atom. The molecule has 36 heavy (non-hydrogen) atoms. The molecule has 0 atom stereocenters. The Balaban J connectivity index is 1.64. The number of methoxy groups -OCH3 is 1. The molecule has 0 unspecified atom stereocenters. The highest BCUT2D eigenvalue weighted by Gasteiger charge is 2.15. The number of ether oxygens (including phenoxy) is 3. The summed E-state index contributed by atoms with van der Waals surface area (Å²) in [6.45, 7) is 5.41. The summed E-state index contributed by atoms with van der Waals surface area (Å²) in [6.07, 6.45) is 0. The Labute approximate surface area is 208 Å². The molecule has 5 nitrogen and oxygen atoms in total. The molecule has 0 aliphatic carbocycles. The van der Waals surface area contributed by atoms with Gasteiger partial charge in [-0.1, -0.05) is 55.1 Å². The molecule has 0 aliphatic rings. The highest BCUT2D eigenvalue weighted by Crippen LogP contribution is 2.37. The number of hydrogen-bond donors (Lipinski definition) is 0. The Bertz CT molecular complexity index is 1410. The van der Waals surface area contributed by atoms with Gasteiger partial charge in [-0.05, 0) is 65.6 Å². The largest absolute Gasteiger partial charge is 0.497 e. The van der Waals surface area contributed by atoms with Crippen LogP contribution < -0.4 is 14.2 Å². The maximum absolute atomic E-state index is 15.2. The second-order valence-corrected chi connectivity index (χ2v) is 8.04. The molecule has 0 spiro atoms. The van der Waals surface area contributed by atoms with E-state index in [9.17, 15) is 9.59 Å². The minimum absolute atomic E-state index is 0.219. The van der Waals surface area contributed by atoms with Crippen LogP contribution in [0.4, 0.5) is 4.39 Å². The van der Waals surface area contributed by atoms with Crippen molar-refractivity contribution in [1.82, 2.24) is 0 Å². The Kier molecular flexibility index (Phi) is 7.25. The van der Waals surface area contributed by atoms with Crippen molar-refractivity contribution in [3.05, 3.63) is 103 Å². The third kappa shape index (κ3) is 5.33. The van der Waals surface area contributed by atoms with Crippen LogP contribution in [0.15, 0.2) is 97.1 Å². The van der Waals surface area contributed by atoms with E-state index in [1.807, 2.05) is 48.5 Å². The molecule has 4 aromatic rings. The van der Waals surface area contributed by atoms with Crippen molar-refractivity contribution in [3.8, 4) is 50.6 Å². The molecule has 0 saturated heterocycles. The molecular weight excluding hydrogens is 459 g/mol. The molecule has 180 valence electrons. The summed E-state index contributed by atoms with van der Waals surface area (Å²) in [7, 11) is 1.62. The second-order valence-electron chi connectivity index (χ2n) is 8.04. The van der Waals surface area contributed by atoms with E-state index in [1.165, 1.54) is 12.1 Å². The van der Waals surface area contributed by atoms with Gasteiger partial charge in [0.1, 0.15) is 23.1 Å². The topological polar surface area (TPSA) is 61.8 Å². The number of benzene rings is 4. The van der Waals surface area contributed by atoms with Crippen LogP contribution in [0.1, 0.15) is 6.92 Å². The third-order valence-corrected chi connectivity index (χ3v) is 5.59. The van der Waals surface area contributed by atoms with E-state index in [4.69, 9.17) is 14.2 Å². The Morgan fingerprint density at radius 1 is 0.778 bits per heavy atom. The maximum atomic E-state index is 15.2. The quantitative estimate of drug-likeness (QED) is 0.119. The van der Waals surface area contributed by atoms with E-state index >= 15 is 4.39 Å². The molecule has 0 N–H and O–H groups in total. The first-order valence-electron chi connectivity index (χ1n) is 11.1. The molecule has 0 radical (unpaired) electrons. The SMILES string of the molecule is C=C(C)C(=O)Oc1ccc(-c2cc(OC=O)c(-c3ccc(-c4ccc(OC)cc4)cc3)cc2F)cc1. The van der Waals surface area contributed by atoms with Gasteiger partial charge in [-0.2, -0.15) is 0 Å². The lowest BCUT2D eigenvalue weighted by Crippen LogP contribution is -2.07. The van der Waals surface area contributed by atoms with Gasteiger partial charge < -0.3 is 14.2 Å². The fraction of sp³-hybridized carbons (Fsp3) is 0.0667. The minimum atomic E-state index is -0.544. The van der Waals surface area contributed by atoms with E-state index in [2.05, 4.69) is 6.58 Å². The molecule has 6 heteroatoms. The van der Waals surface area contributed by atoms with Crippen LogP contribution in [-0.2, 0) is 9.59 Å². The molecule has 0 fully saturated rings. The Hall–Kier alpha value is -4.71. The van der Waals surface area contributed by atoms with Crippen LogP contribution in [0.2, 0.25) is 0 Å². The summed E-state index contributed by atoms with van der Waals surface area (Å²) in [5.74, 6) is 0.262. The van der Waals surface area contributed by atoms with E-state index in [0.717, 1.165) is 16.9 Å². The van der Waals surface area contributed by atoms with Crippen LogP contribution in [0.3, 0.4) is 0 Å². The van der Waals surface area contributed by atoms with Gasteiger partial charge in [0.2, 0.25) is 0 Å². The molecule has 4 rings (SSSR count). The van der Waals surface area contributed by atoms with E-state index in [1.54, 1.807) is 38.3 Å². The van der Waals surface area contributed by atoms with Crippen molar-refractivity contribution in [2.75, 3.05) is 7.11 Å². The normalized spacial score (nSPS) is 10.4. The van der Waals surface area contributed by atoms with Gasteiger partial charge in [0, 0.05) is 16.7 Å². The van der Waals surface area contributed by atoms with Gasteiger partial charge in [-0.15, -0.1) is 0 Å². The number of carbonyl (C=O) groups excluding carboxylic acids is 2. The van der Waals surface area contributed by atoms with Crippen molar-refractivity contribution >= 4 is 12.4 Å². The van der Waals surface area contributed by atoms with Crippen LogP contribution in [0.25, 0.3) is 33.4 Å². The van der Waals surface area contributed by atoms with Crippen LogP contribution in [-0.4, -0.2) is 19.6 Å². The average molecular weight is 483 g/mol. The lowest BCUT2D eigenvalue weighted by atomic mass is 9.96. The molecule has 0 heterocycles. The Morgan fingerprint density at radius 3 is 1.83 bits per heavy atom. The van der Waals surface area contributed by atoms with Gasteiger partial charge >= 0.3 is 5.97 Å². The van der Waals surface area contributed by atoms with E-state index < -0.39 is 11.8 Å². The fourth-order valence-electron chi connectivity index (χ4n) is 3.67. The molecule has 0 aliphatic heterocycles. The van der Waals surface area contributed by atoms with Gasteiger partial charge in [0.15, 0.2) is 0 Å². The summed E-state index contributed by atoms with van der Waals surface area (Å²) >= 11 is 0. The first kappa shape index (κ1) is 24.4. The highest BCUT2D eigenvalue weighted by molar-refractivity contribution is 5.89. The van der Waals surface area contributed by atoms with Gasteiger partial charge in [0.25, 0.3) is 6.47 Å². The van der Waals surface area contributed by atoms with Gasteiger partial charge in [0.05, 0.1) is 7.11 Å². The first-order chi connectivity index (χ1) is 17.4. The van der Waals surface area contributed by atoms with Crippen LogP contribution in [0.5, 0.6) is 17.2 Å². The zero-order valence-electron chi connectivity index (χ0n) is 19.8. The number of hydrogen-bond acceptors (Lipinski definition) is 5. The van der Waals surface area contributed by atoms with Crippen LogP contribution >= 0.6 is 0 Å². The average Bonchev–Trinajstić information content (AvgIpc) is 2.90.